The molecule has 0 radical (unpaired) electrons. The topological polar surface area (TPSA) is 216 Å². The summed E-state index contributed by atoms with van der Waals surface area (Å²) in [4.78, 5) is 52.8. The molecule has 63 heavy (non-hydrogen) atoms. The number of allylic oxidation sites excluding steroid dienone is 6. The van der Waals surface area contributed by atoms with Crippen LogP contribution in [0.25, 0.3) is 0 Å². The highest BCUT2D eigenvalue weighted by Gasteiger charge is 2.28. The fourth-order valence-electron chi connectivity index (χ4n) is 6.28. The van der Waals surface area contributed by atoms with Gasteiger partial charge in [-0.1, -0.05) is 179 Å². The van der Waals surface area contributed by atoms with Crippen molar-refractivity contribution in [3.63, 3.8) is 0 Å². The van der Waals surface area contributed by atoms with Crippen LogP contribution in [0, 0.1) is 5.92 Å². The number of aliphatic hydroxyl groups excluding tert-OH is 2. The number of carbonyl (C=O) groups excluding carboxylic acids is 2. The minimum Gasteiger partial charge on any atom is -0.462 e. The third-order valence-corrected chi connectivity index (χ3v) is 11.8. The van der Waals surface area contributed by atoms with E-state index in [1.807, 2.05) is 36.5 Å². The van der Waals surface area contributed by atoms with Crippen LogP contribution in [0.4, 0.5) is 0 Å². The molecule has 0 aromatic carbocycles. The smallest absolute Gasteiger partial charge is 0.462 e. The Balaban J connectivity index is 4.60. The van der Waals surface area contributed by atoms with Crippen molar-refractivity contribution in [1.82, 2.24) is 0 Å². The Kier molecular flexibility index (Phi) is 40.2. The minimum absolute atomic E-state index is 0.0239. The maximum atomic E-state index is 12.7. The van der Waals surface area contributed by atoms with Gasteiger partial charge in [-0.15, -0.1) is 0 Å². The zero-order valence-corrected chi connectivity index (χ0v) is 40.7. The molecule has 0 saturated carbocycles. The molecule has 0 heterocycles. The number of hydrogen-bond donors (Lipinski definition) is 5. The molecule has 368 valence electrons. The van der Waals surface area contributed by atoms with Crippen molar-refractivity contribution in [2.45, 2.75) is 206 Å². The second-order valence-electron chi connectivity index (χ2n) is 16.5. The maximum absolute atomic E-state index is 12.7. The first kappa shape index (κ1) is 61.0. The number of carbonyl (C=O) groups is 2. The molecule has 16 heteroatoms. The van der Waals surface area contributed by atoms with Crippen LogP contribution in [0.2, 0.25) is 0 Å². The molecule has 2 unspecified atom stereocenters. The predicted molar refractivity (Wildman–Crippen MR) is 250 cm³/mol. The second-order valence-corrected chi connectivity index (χ2v) is 19.2. The van der Waals surface area contributed by atoms with Crippen molar-refractivity contribution < 1.29 is 66.7 Å². The predicted octanol–water partition coefficient (Wildman–Crippen LogP) is 11.4. The third-order valence-electron chi connectivity index (χ3n) is 10.3. The molecule has 0 aromatic rings. The van der Waals surface area contributed by atoms with Crippen molar-refractivity contribution in [1.29, 1.82) is 0 Å². The van der Waals surface area contributed by atoms with Crippen molar-refractivity contribution >= 4 is 27.6 Å². The number of rotatable bonds is 44. The Morgan fingerprint density at radius 3 is 1.76 bits per heavy atom. The van der Waals surface area contributed by atoms with Gasteiger partial charge >= 0.3 is 27.6 Å². The number of esters is 2. The summed E-state index contributed by atoms with van der Waals surface area (Å²) in [5, 5.41) is 19.8. The molecule has 0 aliphatic rings. The van der Waals surface area contributed by atoms with E-state index in [1.54, 1.807) is 6.08 Å². The Bertz CT molecular complexity index is 1330. The first-order valence-electron chi connectivity index (χ1n) is 23.8. The molecule has 0 fully saturated rings. The number of phosphoric ester groups is 2. The molecule has 0 aromatic heterocycles. The van der Waals surface area contributed by atoms with Gasteiger partial charge in [-0.2, -0.15) is 0 Å². The normalized spacial score (nSPS) is 15.4. The van der Waals surface area contributed by atoms with E-state index in [9.17, 15) is 33.8 Å². The van der Waals surface area contributed by atoms with Gasteiger partial charge in [-0.3, -0.25) is 23.2 Å². The highest BCUT2D eigenvalue weighted by atomic mass is 31.2. The van der Waals surface area contributed by atoms with E-state index in [1.165, 1.54) is 96.3 Å². The lowest BCUT2D eigenvalue weighted by atomic mass is 9.99. The van der Waals surface area contributed by atoms with Gasteiger partial charge in [-0.05, 0) is 50.9 Å². The van der Waals surface area contributed by atoms with E-state index in [-0.39, 0.29) is 12.8 Å². The summed E-state index contributed by atoms with van der Waals surface area (Å²) in [6, 6.07) is 0. The van der Waals surface area contributed by atoms with Crippen LogP contribution < -0.4 is 0 Å². The molecule has 0 aliphatic heterocycles. The first-order chi connectivity index (χ1) is 30.2. The summed E-state index contributed by atoms with van der Waals surface area (Å²) in [5.74, 6) is -0.275. The van der Waals surface area contributed by atoms with Gasteiger partial charge in [-0.25, -0.2) is 9.13 Å². The van der Waals surface area contributed by atoms with Crippen LogP contribution >= 0.6 is 15.6 Å². The number of phosphoric acid groups is 2. The summed E-state index contributed by atoms with van der Waals surface area (Å²) < 4.78 is 47.8. The molecular weight excluding hydrogens is 850 g/mol. The largest absolute Gasteiger partial charge is 0.472 e. The average Bonchev–Trinajstić information content (AvgIpc) is 3.24. The van der Waals surface area contributed by atoms with Gasteiger partial charge < -0.3 is 34.4 Å². The lowest BCUT2D eigenvalue weighted by Crippen LogP contribution is -2.29. The number of aliphatic hydroxyl groups is 2. The molecule has 5 N–H and O–H groups in total. The van der Waals surface area contributed by atoms with Gasteiger partial charge in [0.2, 0.25) is 0 Å². The molecule has 5 atom stereocenters. The zero-order valence-electron chi connectivity index (χ0n) is 38.9. The summed E-state index contributed by atoms with van der Waals surface area (Å²) >= 11 is 0. The van der Waals surface area contributed by atoms with E-state index in [0.29, 0.717) is 32.1 Å². The third kappa shape index (κ3) is 45.0. The molecule has 0 rings (SSSR count). The first-order valence-corrected chi connectivity index (χ1v) is 26.9. The Hall–Kier alpha value is -1.96. The van der Waals surface area contributed by atoms with E-state index in [2.05, 4.69) is 35.9 Å². The second kappa shape index (κ2) is 41.5. The number of unbranched alkanes of at least 4 members (excludes halogenated alkanes) is 17. The zero-order chi connectivity index (χ0) is 46.9. The summed E-state index contributed by atoms with van der Waals surface area (Å²) in [6.45, 7) is 3.96. The molecule has 0 aliphatic carbocycles. The van der Waals surface area contributed by atoms with E-state index >= 15 is 0 Å². The fourth-order valence-corrected chi connectivity index (χ4v) is 7.44. The Labute approximate surface area is 380 Å². The lowest BCUT2D eigenvalue weighted by molar-refractivity contribution is -0.161. The van der Waals surface area contributed by atoms with Crippen LogP contribution in [0.3, 0.4) is 0 Å². The van der Waals surface area contributed by atoms with Crippen LogP contribution in [-0.2, 0) is 41.8 Å². The van der Waals surface area contributed by atoms with Crippen LogP contribution in [0.5, 0.6) is 0 Å². The molecule has 0 amide bonds. The van der Waals surface area contributed by atoms with Crippen molar-refractivity contribution in [3.05, 3.63) is 48.6 Å². The molecule has 0 bridgehead atoms. The number of hydrogen-bond acceptors (Lipinski definition) is 11. The monoisotopic (exact) mass is 937 g/mol. The Morgan fingerprint density at radius 1 is 0.587 bits per heavy atom. The van der Waals surface area contributed by atoms with Gasteiger partial charge in [0.15, 0.2) is 6.10 Å². The van der Waals surface area contributed by atoms with E-state index in [4.69, 9.17) is 23.8 Å². The van der Waals surface area contributed by atoms with Crippen molar-refractivity contribution in [2.24, 2.45) is 5.92 Å². The summed E-state index contributed by atoms with van der Waals surface area (Å²) in [6.07, 6.45) is 38.4. The van der Waals surface area contributed by atoms with Gasteiger partial charge in [0, 0.05) is 12.8 Å². The van der Waals surface area contributed by atoms with Crippen molar-refractivity contribution in [2.75, 3.05) is 26.4 Å². The highest BCUT2D eigenvalue weighted by molar-refractivity contribution is 7.47. The van der Waals surface area contributed by atoms with Crippen LogP contribution in [-0.4, -0.2) is 81.6 Å². The minimum atomic E-state index is -4.88. The molecular formula is C47H86O14P2. The fraction of sp³-hybridized carbons (Fsp3) is 0.787. The maximum Gasteiger partial charge on any atom is 0.472 e. The Morgan fingerprint density at radius 2 is 1.14 bits per heavy atom. The van der Waals surface area contributed by atoms with Gasteiger partial charge in [0.25, 0.3) is 0 Å². The van der Waals surface area contributed by atoms with Crippen LogP contribution in [0.1, 0.15) is 188 Å². The average molecular weight is 937 g/mol. The molecule has 14 nitrogen and oxygen atoms in total. The SMILES string of the molecule is CCCCC/C=C\C[C@H](O)/C=C/C=C\C/C=C\CCCC(=O)O[C@H](COC(=O)CCCCCCCCCCCCCCCCC(C)CC)COP(=O)(O)OC[C@@H](O)COP(=O)(O)O. The quantitative estimate of drug-likeness (QED) is 0.0126. The lowest BCUT2D eigenvalue weighted by Gasteiger charge is -2.20. The molecule has 0 saturated heterocycles. The van der Waals surface area contributed by atoms with Gasteiger partial charge in [0.1, 0.15) is 12.7 Å². The highest BCUT2D eigenvalue weighted by Crippen LogP contribution is 2.43. The summed E-state index contributed by atoms with van der Waals surface area (Å²) in [5.41, 5.74) is 0. The number of ether oxygens (including phenoxy) is 2. The standard InChI is InChI=1S/C47H86O14P2/c1-4-6-7-8-24-29-34-43(48)35-30-25-20-17-18-22-27-32-37-47(51)61-45(41-60-63(55,56)59-39-44(49)38-58-62(52,53)54)40-57-46(50)36-31-26-21-16-14-12-10-9-11-13-15-19-23-28-33-42(3)5-2/h18,20,22,24-25,29-30,35,42-45,48-49H,4-17,19,21,23,26-28,31-34,36-41H2,1-3H3,(H,55,56)(H2,52,53,54)/b22-18-,25-20-,29-24-,35-30+/t42?,43-,44-,45+/m0/s1. The van der Waals surface area contributed by atoms with Gasteiger partial charge in [0.05, 0.1) is 25.9 Å². The van der Waals surface area contributed by atoms with E-state index in [0.717, 1.165) is 31.6 Å². The van der Waals surface area contributed by atoms with E-state index < -0.39 is 72.3 Å². The molecule has 0 spiro atoms. The van der Waals surface area contributed by atoms with Crippen LogP contribution in [0.15, 0.2) is 48.6 Å². The summed E-state index contributed by atoms with van der Waals surface area (Å²) in [7, 11) is -9.72. The van der Waals surface area contributed by atoms with Crippen molar-refractivity contribution in [3.8, 4) is 0 Å².